The minimum atomic E-state index is 0.114. The van der Waals surface area contributed by atoms with Gasteiger partial charge in [-0.2, -0.15) is 0 Å². The number of ether oxygens (including phenoxy) is 1. The average molecular weight is 364 g/mol. The predicted molar refractivity (Wildman–Crippen MR) is 109 cm³/mol. The summed E-state index contributed by atoms with van der Waals surface area (Å²) in [4.78, 5) is 0. The maximum atomic E-state index is 10.2. The molecule has 4 heteroatoms. The number of hydrogen-bond donors (Lipinski definition) is 2. The molecule has 26 heavy (non-hydrogen) atoms. The van der Waals surface area contributed by atoms with E-state index in [0.717, 1.165) is 25.7 Å². The van der Waals surface area contributed by atoms with Crippen LogP contribution in [0, 0.1) is 0 Å². The van der Waals surface area contributed by atoms with Gasteiger partial charge < -0.3 is 15.1 Å². The molecule has 0 saturated heterocycles. The van der Waals surface area contributed by atoms with E-state index in [4.69, 9.17) is 4.74 Å². The number of oxime groups is 1. The summed E-state index contributed by atoms with van der Waals surface area (Å²) in [6.45, 7) is 5.00. The Hall–Kier alpha value is -1.71. The SMILES string of the molecule is CCCCCCCCCCCC(=NO)c1ccc(OCCCC)cc1O. The fourth-order valence-corrected chi connectivity index (χ4v) is 3.02. The molecule has 0 heterocycles. The van der Waals surface area contributed by atoms with Crippen molar-refractivity contribution in [2.75, 3.05) is 6.61 Å². The van der Waals surface area contributed by atoms with Gasteiger partial charge in [0.05, 0.1) is 12.3 Å². The van der Waals surface area contributed by atoms with Crippen molar-refractivity contribution in [2.24, 2.45) is 5.16 Å². The zero-order chi connectivity index (χ0) is 19.0. The molecule has 0 bridgehead atoms. The van der Waals surface area contributed by atoms with E-state index in [0.29, 0.717) is 30.1 Å². The Kier molecular flexibility index (Phi) is 12.4. The van der Waals surface area contributed by atoms with Crippen LogP contribution < -0.4 is 4.74 Å². The summed E-state index contributed by atoms with van der Waals surface area (Å²) in [7, 11) is 0. The number of hydrogen-bond acceptors (Lipinski definition) is 4. The molecule has 1 aromatic rings. The van der Waals surface area contributed by atoms with E-state index in [2.05, 4.69) is 19.0 Å². The summed E-state index contributed by atoms with van der Waals surface area (Å²) in [5.74, 6) is 0.766. The molecule has 0 atom stereocenters. The highest BCUT2D eigenvalue weighted by Crippen LogP contribution is 2.26. The van der Waals surface area contributed by atoms with E-state index in [1.165, 1.54) is 44.9 Å². The largest absolute Gasteiger partial charge is 0.507 e. The molecule has 0 spiro atoms. The van der Waals surface area contributed by atoms with Gasteiger partial charge >= 0.3 is 0 Å². The molecule has 0 aliphatic carbocycles. The molecule has 0 saturated carbocycles. The Bertz CT molecular complexity index is 514. The molecule has 2 N–H and O–H groups in total. The molecule has 0 fully saturated rings. The molecule has 4 nitrogen and oxygen atoms in total. The van der Waals surface area contributed by atoms with Gasteiger partial charge in [-0.25, -0.2) is 0 Å². The molecule has 1 rings (SSSR count). The van der Waals surface area contributed by atoms with Gasteiger partial charge in [0.2, 0.25) is 0 Å². The maximum absolute atomic E-state index is 10.2. The van der Waals surface area contributed by atoms with Crippen molar-refractivity contribution in [1.29, 1.82) is 0 Å². The van der Waals surface area contributed by atoms with Crippen LogP contribution in [0.3, 0.4) is 0 Å². The summed E-state index contributed by atoms with van der Waals surface area (Å²) < 4.78 is 5.59. The zero-order valence-electron chi connectivity index (χ0n) is 16.7. The van der Waals surface area contributed by atoms with Crippen LogP contribution >= 0.6 is 0 Å². The lowest BCUT2D eigenvalue weighted by molar-refractivity contribution is 0.307. The number of benzene rings is 1. The van der Waals surface area contributed by atoms with E-state index in [1.807, 2.05) is 6.07 Å². The quantitative estimate of drug-likeness (QED) is 0.158. The molecule has 148 valence electrons. The van der Waals surface area contributed by atoms with E-state index in [-0.39, 0.29) is 5.75 Å². The molecule has 0 aliphatic rings. The van der Waals surface area contributed by atoms with Gasteiger partial charge in [-0.1, -0.05) is 76.8 Å². The molecular formula is C22H37NO3. The van der Waals surface area contributed by atoms with Crippen molar-refractivity contribution in [3.63, 3.8) is 0 Å². The number of unbranched alkanes of at least 4 members (excludes halogenated alkanes) is 9. The van der Waals surface area contributed by atoms with Crippen LogP contribution in [0.15, 0.2) is 23.4 Å². The second-order valence-electron chi connectivity index (χ2n) is 7.01. The van der Waals surface area contributed by atoms with Gasteiger partial charge in [-0.05, 0) is 31.4 Å². The number of aromatic hydroxyl groups is 1. The molecule has 0 aliphatic heterocycles. The van der Waals surface area contributed by atoms with Crippen molar-refractivity contribution in [2.45, 2.75) is 90.9 Å². The fourth-order valence-electron chi connectivity index (χ4n) is 3.02. The molecule has 0 amide bonds. The number of rotatable bonds is 15. The second kappa shape index (κ2) is 14.5. The van der Waals surface area contributed by atoms with E-state index in [1.54, 1.807) is 12.1 Å². The lowest BCUT2D eigenvalue weighted by Gasteiger charge is -2.10. The molecule has 1 aromatic carbocycles. The molecule has 0 radical (unpaired) electrons. The smallest absolute Gasteiger partial charge is 0.128 e. The van der Waals surface area contributed by atoms with Crippen LogP contribution in [-0.2, 0) is 0 Å². The highest BCUT2D eigenvalue weighted by atomic mass is 16.5. The van der Waals surface area contributed by atoms with Gasteiger partial charge in [-0.15, -0.1) is 0 Å². The summed E-state index contributed by atoms with van der Waals surface area (Å²) in [6, 6.07) is 5.21. The van der Waals surface area contributed by atoms with Crippen LogP contribution in [-0.4, -0.2) is 22.6 Å². The maximum Gasteiger partial charge on any atom is 0.128 e. The van der Waals surface area contributed by atoms with Crippen molar-refractivity contribution < 1.29 is 15.1 Å². The van der Waals surface area contributed by atoms with Gasteiger partial charge in [0.1, 0.15) is 11.5 Å². The highest BCUT2D eigenvalue weighted by Gasteiger charge is 2.11. The molecular weight excluding hydrogens is 326 g/mol. The first-order valence-electron chi connectivity index (χ1n) is 10.4. The van der Waals surface area contributed by atoms with Gasteiger partial charge in [0.25, 0.3) is 0 Å². The van der Waals surface area contributed by atoms with Crippen LogP contribution in [0.2, 0.25) is 0 Å². The fraction of sp³-hybridized carbons (Fsp3) is 0.682. The third-order valence-corrected chi connectivity index (χ3v) is 4.68. The van der Waals surface area contributed by atoms with Crippen LogP contribution in [0.5, 0.6) is 11.5 Å². The van der Waals surface area contributed by atoms with Crippen LogP contribution in [0.4, 0.5) is 0 Å². The van der Waals surface area contributed by atoms with E-state index >= 15 is 0 Å². The first kappa shape index (κ1) is 22.3. The monoisotopic (exact) mass is 363 g/mol. The zero-order valence-corrected chi connectivity index (χ0v) is 16.7. The first-order chi connectivity index (χ1) is 12.7. The number of nitrogens with zero attached hydrogens (tertiary/aromatic N) is 1. The Balaban J connectivity index is 2.32. The third kappa shape index (κ3) is 9.12. The second-order valence-corrected chi connectivity index (χ2v) is 7.01. The van der Waals surface area contributed by atoms with Crippen molar-refractivity contribution in [3.05, 3.63) is 23.8 Å². The summed E-state index contributed by atoms with van der Waals surface area (Å²) in [5, 5.41) is 22.9. The lowest BCUT2D eigenvalue weighted by Crippen LogP contribution is -2.03. The minimum Gasteiger partial charge on any atom is -0.507 e. The predicted octanol–water partition coefficient (Wildman–Crippen LogP) is 6.67. The average Bonchev–Trinajstić information content (AvgIpc) is 2.64. The standard InChI is InChI=1S/C22H37NO3/c1-3-5-7-8-9-10-11-12-13-14-21(23-25)20-16-15-19(18-22(20)24)26-17-6-4-2/h15-16,18,24-25H,3-14,17H2,1-2H3. The summed E-state index contributed by atoms with van der Waals surface area (Å²) in [5.41, 5.74) is 1.14. The summed E-state index contributed by atoms with van der Waals surface area (Å²) in [6.07, 6.45) is 14.0. The van der Waals surface area contributed by atoms with Crippen LogP contribution in [0.25, 0.3) is 0 Å². The minimum absolute atomic E-state index is 0.114. The van der Waals surface area contributed by atoms with Crippen LogP contribution in [0.1, 0.15) is 96.5 Å². The Morgan fingerprint density at radius 2 is 1.50 bits per heavy atom. The highest BCUT2D eigenvalue weighted by molar-refractivity contribution is 6.02. The Morgan fingerprint density at radius 3 is 2.08 bits per heavy atom. The molecule has 0 aromatic heterocycles. The van der Waals surface area contributed by atoms with Crippen molar-refractivity contribution in [1.82, 2.24) is 0 Å². The van der Waals surface area contributed by atoms with E-state index < -0.39 is 0 Å². The topological polar surface area (TPSA) is 62.1 Å². The number of phenolic OH excluding ortho intramolecular Hbond substituents is 1. The van der Waals surface area contributed by atoms with Gasteiger partial charge in [-0.3, -0.25) is 0 Å². The van der Waals surface area contributed by atoms with Gasteiger partial charge in [0, 0.05) is 11.6 Å². The summed E-state index contributed by atoms with van der Waals surface area (Å²) >= 11 is 0. The van der Waals surface area contributed by atoms with E-state index in [9.17, 15) is 10.3 Å². The number of phenols is 1. The Labute approximate surface area is 159 Å². The normalized spacial score (nSPS) is 11.7. The first-order valence-corrected chi connectivity index (χ1v) is 10.4. The van der Waals surface area contributed by atoms with Crippen molar-refractivity contribution in [3.8, 4) is 11.5 Å². The van der Waals surface area contributed by atoms with Crippen molar-refractivity contribution >= 4 is 5.71 Å². The Morgan fingerprint density at radius 1 is 0.885 bits per heavy atom. The third-order valence-electron chi connectivity index (χ3n) is 4.68. The van der Waals surface area contributed by atoms with Gasteiger partial charge in [0.15, 0.2) is 0 Å². The lowest BCUT2D eigenvalue weighted by atomic mass is 10.0. The molecule has 0 unspecified atom stereocenters.